The van der Waals surface area contributed by atoms with Crippen molar-refractivity contribution in [2.75, 3.05) is 14.1 Å². The van der Waals surface area contributed by atoms with E-state index in [2.05, 4.69) is 5.43 Å². The van der Waals surface area contributed by atoms with Crippen LogP contribution in [0.5, 0.6) is 0 Å². The van der Waals surface area contributed by atoms with Crippen molar-refractivity contribution in [2.45, 2.75) is 19.5 Å². The van der Waals surface area contributed by atoms with E-state index in [1.807, 2.05) is 26.0 Å². The second-order valence-electron chi connectivity index (χ2n) is 2.04. The first-order chi connectivity index (χ1) is 3.66. The van der Waals surface area contributed by atoms with Gasteiger partial charge in [-0.1, -0.05) is 6.92 Å². The van der Waals surface area contributed by atoms with Crippen LogP contribution in [-0.2, 0) is 0 Å². The van der Waals surface area contributed by atoms with Gasteiger partial charge in [0.15, 0.2) is 0 Å². The summed E-state index contributed by atoms with van der Waals surface area (Å²) in [5.41, 5.74) is 8.52. The summed E-state index contributed by atoms with van der Waals surface area (Å²) < 4.78 is 0. The summed E-state index contributed by atoms with van der Waals surface area (Å²) in [6.07, 6.45) is 1.06. The van der Waals surface area contributed by atoms with E-state index in [0.29, 0.717) is 0 Å². The lowest BCUT2D eigenvalue weighted by Crippen LogP contribution is -2.44. The van der Waals surface area contributed by atoms with Crippen molar-refractivity contribution < 1.29 is 0 Å². The minimum atomic E-state index is 0.102. The van der Waals surface area contributed by atoms with Gasteiger partial charge in [-0.2, -0.15) is 0 Å². The lowest BCUT2D eigenvalue weighted by atomic mass is 10.4. The molecule has 0 aliphatic heterocycles. The fourth-order valence-electron chi connectivity index (χ4n) is 0.423. The number of hydrogen-bond donors (Lipinski definition) is 2. The van der Waals surface area contributed by atoms with Gasteiger partial charge in [0.05, 0.1) is 6.17 Å². The second kappa shape index (κ2) is 3.83. The van der Waals surface area contributed by atoms with Crippen LogP contribution in [0, 0.1) is 0 Å². The topological polar surface area (TPSA) is 41.3 Å². The highest BCUT2D eigenvalue weighted by Crippen LogP contribution is 1.78. The van der Waals surface area contributed by atoms with E-state index in [4.69, 9.17) is 5.73 Å². The van der Waals surface area contributed by atoms with Gasteiger partial charge in [0.25, 0.3) is 0 Å². The van der Waals surface area contributed by atoms with Crippen LogP contribution in [0.3, 0.4) is 0 Å². The molecule has 0 bridgehead atoms. The van der Waals surface area contributed by atoms with Crippen molar-refractivity contribution in [1.82, 2.24) is 10.4 Å². The zero-order valence-corrected chi connectivity index (χ0v) is 5.81. The van der Waals surface area contributed by atoms with Gasteiger partial charge in [0, 0.05) is 14.1 Å². The summed E-state index contributed by atoms with van der Waals surface area (Å²) in [5, 5.41) is 1.86. The average molecular weight is 117 g/mol. The largest absolute Gasteiger partial charge is 0.315 e. The quantitative estimate of drug-likeness (QED) is 0.395. The van der Waals surface area contributed by atoms with Gasteiger partial charge < -0.3 is 5.73 Å². The first kappa shape index (κ1) is 7.88. The van der Waals surface area contributed by atoms with E-state index in [9.17, 15) is 0 Å². The fourth-order valence-corrected chi connectivity index (χ4v) is 0.423. The number of hydrogen-bond acceptors (Lipinski definition) is 3. The van der Waals surface area contributed by atoms with E-state index >= 15 is 0 Å². The molecular weight excluding hydrogens is 102 g/mol. The van der Waals surface area contributed by atoms with Gasteiger partial charge >= 0.3 is 0 Å². The van der Waals surface area contributed by atoms with Gasteiger partial charge in [-0.05, 0) is 6.42 Å². The molecule has 0 heterocycles. The third-order valence-corrected chi connectivity index (χ3v) is 0.864. The first-order valence-corrected chi connectivity index (χ1v) is 2.86. The fraction of sp³-hybridized carbons (Fsp3) is 1.00. The Morgan fingerprint density at radius 1 is 1.62 bits per heavy atom. The van der Waals surface area contributed by atoms with Crippen LogP contribution in [-0.4, -0.2) is 25.3 Å². The van der Waals surface area contributed by atoms with Crippen LogP contribution in [0.4, 0.5) is 0 Å². The number of nitrogens with two attached hydrogens (primary N) is 1. The van der Waals surface area contributed by atoms with Crippen LogP contribution in [0.25, 0.3) is 0 Å². The Kier molecular flexibility index (Phi) is 3.77. The molecule has 1 atom stereocenters. The van der Waals surface area contributed by atoms with E-state index < -0.39 is 0 Å². The molecule has 0 aliphatic carbocycles. The highest BCUT2D eigenvalue weighted by Gasteiger charge is 1.95. The van der Waals surface area contributed by atoms with Crippen molar-refractivity contribution in [3.8, 4) is 0 Å². The van der Waals surface area contributed by atoms with Gasteiger partial charge in [-0.25, -0.2) is 10.4 Å². The van der Waals surface area contributed by atoms with Gasteiger partial charge in [0.2, 0.25) is 0 Å². The number of nitrogens with one attached hydrogen (secondary N) is 1. The van der Waals surface area contributed by atoms with Gasteiger partial charge in [-0.3, -0.25) is 0 Å². The normalized spacial score (nSPS) is 14.6. The molecule has 0 aromatic heterocycles. The minimum Gasteiger partial charge on any atom is -0.315 e. The van der Waals surface area contributed by atoms with Crippen molar-refractivity contribution >= 4 is 0 Å². The standard InChI is InChI=1S/C5H15N3/c1-4-5(6)7-8(2)3/h5,7H,4,6H2,1-3H3. The maximum Gasteiger partial charge on any atom is 0.0678 e. The molecule has 1 unspecified atom stereocenters. The average Bonchev–Trinajstić information content (AvgIpc) is 1.65. The Balaban J connectivity index is 3.10. The summed E-state index contributed by atoms with van der Waals surface area (Å²) in [7, 11) is 3.85. The Morgan fingerprint density at radius 2 is 2.12 bits per heavy atom. The molecule has 0 saturated heterocycles. The summed E-state index contributed by atoms with van der Waals surface area (Å²) >= 11 is 0. The predicted molar refractivity (Wildman–Crippen MR) is 35.1 cm³/mol. The molecule has 0 spiro atoms. The molecule has 0 radical (unpaired) electrons. The van der Waals surface area contributed by atoms with Crippen molar-refractivity contribution in [3.63, 3.8) is 0 Å². The monoisotopic (exact) mass is 117 g/mol. The molecule has 50 valence electrons. The third-order valence-electron chi connectivity index (χ3n) is 0.864. The number of rotatable bonds is 3. The van der Waals surface area contributed by atoms with E-state index in [1.165, 1.54) is 0 Å². The molecule has 0 aromatic carbocycles. The Bertz CT molecular complexity index is 53.6. The maximum atomic E-state index is 5.52. The Morgan fingerprint density at radius 3 is 2.25 bits per heavy atom. The van der Waals surface area contributed by atoms with Crippen LogP contribution in [0.15, 0.2) is 0 Å². The highest BCUT2D eigenvalue weighted by molar-refractivity contribution is 4.48. The second-order valence-corrected chi connectivity index (χ2v) is 2.04. The van der Waals surface area contributed by atoms with Crippen molar-refractivity contribution in [3.05, 3.63) is 0 Å². The van der Waals surface area contributed by atoms with E-state index in [-0.39, 0.29) is 6.17 Å². The smallest absolute Gasteiger partial charge is 0.0678 e. The van der Waals surface area contributed by atoms with Crippen LogP contribution < -0.4 is 11.2 Å². The van der Waals surface area contributed by atoms with E-state index in [1.54, 1.807) is 0 Å². The molecule has 0 aliphatic rings. The van der Waals surface area contributed by atoms with Gasteiger partial charge in [-0.15, -0.1) is 0 Å². The molecule has 3 heteroatoms. The van der Waals surface area contributed by atoms with Crippen molar-refractivity contribution in [1.29, 1.82) is 0 Å². The number of nitrogens with zero attached hydrogens (tertiary/aromatic N) is 1. The zero-order valence-electron chi connectivity index (χ0n) is 5.81. The van der Waals surface area contributed by atoms with Gasteiger partial charge in [0.1, 0.15) is 0 Å². The predicted octanol–water partition coefficient (Wildman–Crippen LogP) is -0.253. The molecule has 0 fully saturated rings. The van der Waals surface area contributed by atoms with E-state index in [0.717, 1.165) is 6.42 Å². The van der Waals surface area contributed by atoms with Crippen LogP contribution in [0.1, 0.15) is 13.3 Å². The summed E-state index contributed by atoms with van der Waals surface area (Å²) in [6.45, 7) is 2.04. The number of hydrazine groups is 1. The molecule has 0 aromatic rings. The lowest BCUT2D eigenvalue weighted by Gasteiger charge is -2.16. The summed E-state index contributed by atoms with van der Waals surface area (Å²) in [5.74, 6) is 0. The Labute approximate surface area is 50.8 Å². The lowest BCUT2D eigenvalue weighted by molar-refractivity contribution is 0.240. The third kappa shape index (κ3) is 4.05. The molecule has 0 amide bonds. The molecule has 0 saturated carbocycles. The molecular formula is C5H15N3. The molecule has 8 heavy (non-hydrogen) atoms. The highest BCUT2D eigenvalue weighted by atomic mass is 15.5. The SMILES string of the molecule is CCC(N)NN(C)C. The maximum absolute atomic E-state index is 5.52. The molecule has 3 nitrogen and oxygen atoms in total. The summed E-state index contributed by atoms with van der Waals surface area (Å²) in [6, 6.07) is 0. The van der Waals surface area contributed by atoms with Crippen molar-refractivity contribution in [2.24, 2.45) is 5.73 Å². The Hall–Kier alpha value is -0.120. The van der Waals surface area contributed by atoms with Crippen LogP contribution >= 0.6 is 0 Å². The summed E-state index contributed by atoms with van der Waals surface area (Å²) in [4.78, 5) is 0. The minimum absolute atomic E-state index is 0.102. The zero-order chi connectivity index (χ0) is 6.57. The molecule has 3 N–H and O–H groups in total. The molecule has 0 rings (SSSR count). The first-order valence-electron chi connectivity index (χ1n) is 2.86. The van der Waals surface area contributed by atoms with Crippen LogP contribution in [0.2, 0.25) is 0 Å².